The van der Waals surface area contributed by atoms with E-state index in [2.05, 4.69) is 0 Å². The molecular formula is C13H19NO2S. The minimum absolute atomic E-state index is 0.639. The Bertz CT molecular complexity index is 344. The lowest BCUT2D eigenvalue weighted by molar-refractivity contribution is 0.201. The van der Waals surface area contributed by atoms with Gasteiger partial charge in [-0.3, -0.25) is 4.90 Å². The molecule has 1 fully saturated rings. The Morgan fingerprint density at radius 1 is 1.41 bits per heavy atom. The summed E-state index contributed by atoms with van der Waals surface area (Å²) in [5.41, 5.74) is 0. The third-order valence-corrected chi connectivity index (χ3v) is 4.38. The molecule has 0 aliphatic heterocycles. The maximum Gasteiger partial charge on any atom is 0.412 e. The van der Waals surface area contributed by atoms with Gasteiger partial charge in [0.15, 0.2) is 0 Å². The first kappa shape index (κ1) is 12.4. The number of carbonyl (C=O) groups is 1. The summed E-state index contributed by atoms with van der Waals surface area (Å²) in [7, 11) is 0. The van der Waals surface area contributed by atoms with Gasteiger partial charge in [-0.2, -0.15) is 0 Å². The van der Waals surface area contributed by atoms with E-state index in [4.69, 9.17) is 0 Å². The van der Waals surface area contributed by atoms with Gasteiger partial charge < -0.3 is 5.11 Å². The second-order valence-corrected chi connectivity index (χ2v) is 5.60. The van der Waals surface area contributed by atoms with Gasteiger partial charge in [0, 0.05) is 6.54 Å². The maximum atomic E-state index is 11.2. The number of hydrogen-bond acceptors (Lipinski definition) is 2. The highest BCUT2D eigenvalue weighted by atomic mass is 32.1. The van der Waals surface area contributed by atoms with Crippen molar-refractivity contribution in [3.63, 3.8) is 0 Å². The second kappa shape index (κ2) is 6.05. The van der Waals surface area contributed by atoms with Crippen molar-refractivity contribution >= 4 is 22.4 Å². The highest BCUT2D eigenvalue weighted by Crippen LogP contribution is 2.28. The molecule has 1 amide bonds. The van der Waals surface area contributed by atoms with E-state index in [0.29, 0.717) is 6.54 Å². The zero-order chi connectivity index (χ0) is 12.1. The van der Waals surface area contributed by atoms with Gasteiger partial charge in [-0.15, -0.1) is 11.3 Å². The molecule has 94 valence electrons. The molecule has 2 rings (SSSR count). The van der Waals surface area contributed by atoms with Crippen LogP contribution >= 0.6 is 11.3 Å². The Labute approximate surface area is 106 Å². The molecule has 1 aromatic rings. The average molecular weight is 253 g/mol. The van der Waals surface area contributed by atoms with Gasteiger partial charge in [0.1, 0.15) is 5.00 Å². The number of thiophene rings is 1. The quantitative estimate of drug-likeness (QED) is 0.873. The van der Waals surface area contributed by atoms with Crippen molar-refractivity contribution in [3.05, 3.63) is 17.5 Å². The van der Waals surface area contributed by atoms with Crippen molar-refractivity contribution in [2.24, 2.45) is 5.92 Å². The molecule has 0 unspecified atom stereocenters. The SMILES string of the molecule is O=C(O)N(CCC1CCCCC1)c1cccs1. The first-order chi connectivity index (χ1) is 8.27. The van der Waals surface area contributed by atoms with Crippen LogP contribution < -0.4 is 4.90 Å². The van der Waals surface area contributed by atoms with Crippen molar-refractivity contribution in [3.8, 4) is 0 Å². The molecule has 0 bridgehead atoms. The van der Waals surface area contributed by atoms with Crippen LogP contribution in [-0.4, -0.2) is 17.7 Å². The van der Waals surface area contributed by atoms with E-state index in [1.807, 2.05) is 17.5 Å². The van der Waals surface area contributed by atoms with E-state index in [0.717, 1.165) is 17.3 Å². The zero-order valence-electron chi connectivity index (χ0n) is 9.97. The van der Waals surface area contributed by atoms with Crippen LogP contribution in [0.2, 0.25) is 0 Å². The normalized spacial score (nSPS) is 16.9. The molecule has 3 nitrogen and oxygen atoms in total. The Balaban J connectivity index is 1.88. The summed E-state index contributed by atoms with van der Waals surface area (Å²) < 4.78 is 0. The van der Waals surface area contributed by atoms with E-state index >= 15 is 0 Å². The number of rotatable bonds is 4. The minimum atomic E-state index is -0.830. The van der Waals surface area contributed by atoms with Gasteiger partial charge in [0.25, 0.3) is 0 Å². The molecule has 1 N–H and O–H groups in total. The van der Waals surface area contributed by atoms with Crippen LogP contribution in [0.5, 0.6) is 0 Å². The van der Waals surface area contributed by atoms with E-state index in [-0.39, 0.29) is 0 Å². The summed E-state index contributed by atoms with van der Waals surface area (Å²) in [6, 6.07) is 3.77. The van der Waals surface area contributed by atoms with Crippen molar-refractivity contribution in [2.75, 3.05) is 11.4 Å². The van der Waals surface area contributed by atoms with Crippen LogP contribution in [-0.2, 0) is 0 Å². The average Bonchev–Trinajstić information content (AvgIpc) is 2.84. The highest BCUT2D eigenvalue weighted by Gasteiger charge is 2.19. The molecular weight excluding hydrogens is 234 g/mol. The number of hydrogen-bond donors (Lipinski definition) is 1. The van der Waals surface area contributed by atoms with Crippen LogP contribution in [0.1, 0.15) is 38.5 Å². The Morgan fingerprint density at radius 2 is 2.18 bits per heavy atom. The van der Waals surface area contributed by atoms with Crippen LogP contribution in [0.3, 0.4) is 0 Å². The summed E-state index contributed by atoms with van der Waals surface area (Å²) in [5, 5.41) is 12.0. The standard InChI is InChI=1S/C13H19NO2S/c15-13(16)14(12-7-4-10-17-12)9-8-11-5-2-1-3-6-11/h4,7,10-11H,1-3,5-6,8-9H2,(H,15,16). The van der Waals surface area contributed by atoms with Crippen molar-refractivity contribution in [1.82, 2.24) is 0 Å². The molecule has 4 heteroatoms. The number of anilines is 1. The van der Waals surface area contributed by atoms with Crippen molar-refractivity contribution in [2.45, 2.75) is 38.5 Å². The zero-order valence-corrected chi connectivity index (χ0v) is 10.8. The lowest BCUT2D eigenvalue weighted by Gasteiger charge is -2.24. The largest absolute Gasteiger partial charge is 0.465 e. The van der Waals surface area contributed by atoms with Gasteiger partial charge in [-0.05, 0) is 29.9 Å². The molecule has 0 radical (unpaired) electrons. The summed E-state index contributed by atoms with van der Waals surface area (Å²) in [4.78, 5) is 12.7. The lowest BCUT2D eigenvalue weighted by atomic mass is 9.87. The van der Waals surface area contributed by atoms with Gasteiger partial charge in [0.05, 0.1) is 0 Å². The van der Waals surface area contributed by atoms with Crippen LogP contribution in [0, 0.1) is 5.92 Å². The number of amides is 1. The summed E-state index contributed by atoms with van der Waals surface area (Å²) in [6.07, 6.45) is 6.71. The monoisotopic (exact) mass is 253 g/mol. The fourth-order valence-corrected chi connectivity index (χ4v) is 3.26. The molecule has 1 saturated carbocycles. The lowest BCUT2D eigenvalue weighted by Crippen LogP contribution is -2.30. The Kier molecular flexibility index (Phi) is 4.42. The Hall–Kier alpha value is -1.03. The first-order valence-corrected chi connectivity index (χ1v) is 7.19. The van der Waals surface area contributed by atoms with Gasteiger partial charge in [-0.25, -0.2) is 4.79 Å². The summed E-state index contributed by atoms with van der Waals surface area (Å²) >= 11 is 1.49. The molecule has 1 aromatic heterocycles. The van der Waals surface area contributed by atoms with E-state index < -0.39 is 6.09 Å². The number of nitrogens with zero attached hydrogens (tertiary/aromatic N) is 1. The van der Waals surface area contributed by atoms with Gasteiger partial charge in [-0.1, -0.05) is 32.1 Å². The fraction of sp³-hybridized carbons (Fsp3) is 0.615. The third kappa shape index (κ3) is 3.46. The second-order valence-electron chi connectivity index (χ2n) is 4.68. The molecule has 17 heavy (non-hydrogen) atoms. The Morgan fingerprint density at radius 3 is 2.76 bits per heavy atom. The third-order valence-electron chi connectivity index (χ3n) is 3.49. The molecule has 0 aromatic carbocycles. The van der Waals surface area contributed by atoms with Gasteiger partial charge >= 0.3 is 6.09 Å². The molecule has 1 heterocycles. The molecule has 1 aliphatic rings. The molecule has 0 spiro atoms. The van der Waals surface area contributed by atoms with Crippen LogP contribution in [0.4, 0.5) is 9.80 Å². The van der Waals surface area contributed by atoms with E-state index in [9.17, 15) is 9.90 Å². The minimum Gasteiger partial charge on any atom is -0.465 e. The smallest absolute Gasteiger partial charge is 0.412 e. The summed E-state index contributed by atoms with van der Waals surface area (Å²) in [5.74, 6) is 0.727. The topological polar surface area (TPSA) is 40.5 Å². The molecule has 0 atom stereocenters. The number of carboxylic acid groups (broad SMARTS) is 1. The van der Waals surface area contributed by atoms with E-state index in [1.54, 1.807) is 0 Å². The predicted octanol–water partition coefficient (Wildman–Crippen LogP) is 4.20. The van der Waals surface area contributed by atoms with Gasteiger partial charge in [0.2, 0.25) is 0 Å². The van der Waals surface area contributed by atoms with E-state index in [1.165, 1.54) is 48.3 Å². The van der Waals surface area contributed by atoms with Crippen LogP contribution in [0.25, 0.3) is 0 Å². The maximum absolute atomic E-state index is 11.2. The van der Waals surface area contributed by atoms with Crippen molar-refractivity contribution in [1.29, 1.82) is 0 Å². The van der Waals surface area contributed by atoms with Crippen LogP contribution in [0.15, 0.2) is 17.5 Å². The molecule has 1 aliphatic carbocycles. The highest BCUT2D eigenvalue weighted by molar-refractivity contribution is 7.14. The first-order valence-electron chi connectivity index (χ1n) is 6.31. The summed E-state index contributed by atoms with van der Waals surface area (Å²) in [6.45, 7) is 0.639. The van der Waals surface area contributed by atoms with Crippen molar-refractivity contribution < 1.29 is 9.90 Å². The molecule has 0 saturated heterocycles. The predicted molar refractivity (Wildman–Crippen MR) is 70.9 cm³/mol. The fourth-order valence-electron chi connectivity index (χ4n) is 2.51.